The van der Waals surface area contributed by atoms with Gasteiger partial charge >= 0.3 is 5.69 Å². The molecule has 1 heterocycles. The molecule has 0 aliphatic heterocycles. The standard InChI is InChI=1S/C28H19BrN4O4/c29-23-15-20(16-25(33(35)36)26(23)37-18-19-9-3-1-4-10-19)17-30-32-27(21-11-5-2-6-12-21)31-24-14-8-7-13-22(24)28(32)34/h1-17H,18H2. The normalized spacial score (nSPS) is 11.2. The van der Waals surface area contributed by atoms with E-state index >= 15 is 0 Å². The van der Waals surface area contributed by atoms with Gasteiger partial charge in [0.1, 0.15) is 6.61 Å². The Bertz CT molecular complexity index is 1690. The van der Waals surface area contributed by atoms with Gasteiger partial charge in [0.15, 0.2) is 5.82 Å². The van der Waals surface area contributed by atoms with Crippen molar-refractivity contribution in [3.05, 3.63) is 133 Å². The highest BCUT2D eigenvalue weighted by Gasteiger charge is 2.20. The van der Waals surface area contributed by atoms with Gasteiger partial charge in [-0.15, -0.1) is 0 Å². The molecular formula is C28H19BrN4O4. The lowest BCUT2D eigenvalue weighted by molar-refractivity contribution is -0.386. The molecule has 0 aliphatic rings. The lowest BCUT2D eigenvalue weighted by atomic mass is 10.2. The van der Waals surface area contributed by atoms with Crippen molar-refractivity contribution in [1.29, 1.82) is 0 Å². The molecule has 0 saturated carbocycles. The topological polar surface area (TPSA) is 99.6 Å². The van der Waals surface area contributed by atoms with Crippen LogP contribution < -0.4 is 10.3 Å². The van der Waals surface area contributed by atoms with E-state index in [1.165, 1.54) is 17.0 Å². The summed E-state index contributed by atoms with van der Waals surface area (Å²) in [6, 6.07) is 28.7. The molecule has 0 fully saturated rings. The highest BCUT2D eigenvalue weighted by Crippen LogP contribution is 2.36. The third-order valence-electron chi connectivity index (χ3n) is 5.58. The lowest BCUT2D eigenvalue weighted by Crippen LogP contribution is -2.20. The average Bonchev–Trinajstić information content (AvgIpc) is 2.92. The minimum absolute atomic E-state index is 0.112. The molecule has 37 heavy (non-hydrogen) atoms. The van der Waals surface area contributed by atoms with Crippen molar-refractivity contribution in [2.24, 2.45) is 5.10 Å². The van der Waals surface area contributed by atoms with Crippen molar-refractivity contribution in [1.82, 2.24) is 9.66 Å². The second-order valence-electron chi connectivity index (χ2n) is 8.06. The molecule has 0 atom stereocenters. The van der Waals surface area contributed by atoms with Crippen LogP contribution in [0.3, 0.4) is 0 Å². The molecule has 5 aromatic rings. The zero-order valence-electron chi connectivity index (χ0n) is 19.3. The molecule has 9 heteroatoms. The average molecular weight is 555 g/mol. The summed E-state index contributed by atoms with van der Waals surface area (Å²) in [7, 11) is 0. The zero-order valence-corrected chi connectivity index (χ0v) is 20.9. The van der Waals surface area contributed by atoms with Crippen LogP contribution in [0.2, 0.25) is 0 Å². The molecule has 0 radical (unpaired) electrons. The number of hydrogen-bond donors (Lipinski definition) is 0. The minimum Gasteiger partial charge on any atom is -0.481 e. The smallest absolute Gasteiger partial charge is 0.312 e. The van der Waals surface area contributed by atoms with E-state index in [1.54, 1.807) is 24.3 Å². The number of benzene rings is 4. The van der Waals surface area contributed by atoms with E-state index < -0.39 is 4.92 Å². The Kier molecular flexibility index (Phi) is 6.87. The summed E-state index contributed by atoms with van der Waals surface area (Å²) < 4.78 is 7.38. The third kappa shape index (κ3) is 5.17. The molecule has 0 spiro atoms. The van der Waals surface area contributed by atoms with Crippen LogP contribution in [-0.4, -0.2) is 20.8 Å². The van der Waals surface area contributed by atoms with E-state index in [1.807, 2.05) is 66.7 Å². The van der Waals surface area contributed by atoms with E-state index in [-0.39, 0.29) is 23.6 Å². The van der Waals surface area contributed by atoms with Crippen molar-refractivity contribution in [3.63, 3.8) is 0 Å². The predicted molar refractivity (Wildman–Crippen MR) is 146 cm³/mol. The fraction of sp³-hybridized carbons (Fsp3) is 0.0357. The van der Waals surface area contributed by atoms with Crippen molar-refractivity contribution >= 4 is 38.7 Å². The number of rotatable bonds is 7. The molecule has 4 aromatic carbocycles. The Hall–Kier alpha value is -4.63. The van der Waals surface area contributed by atoms with Crippen LogP contribution in [0.4, 0.5) is 5.69 Å². The first kappa shape index (κ1) is 24.1. The monoisotopic (exact) mass is 554 g/mol. The second kappa shape index (κ2) is 10.5. The van der Waals surface area contributed by atoms with Crippen molar-refractivity contribution in [2.45, 2.75) is 6.61 Å². The zero-order chi connectivity index (χ0) is 25.8. The summed E-state index contributed by atoms with van der Waals surface area (Å²) >= 11 is 3.39. The SMILES string of the molecule is O=c1c2ccccc2nc(-c2ccccc2)n1N=Cc1cc(Br)c(OCc2ccccc2)c([N+](=O)[O-])c1. The number of nitro groups is 1. The van der Waals surface area contributed by atoms with Crippen molar-refractivity contribution < 1.29 is 9.66 Å². The Morgan fingerprint density at radius 2 is 1.65 bits per heavy atom. The number of ether oxygens (including phenoxy) is 1. The molecule has 8 nitrogen and oxygen atoms in total. The fourth-order valence-electron chi connectivity index (χ4n) is 3.81. The van der Waals surface area contributed by atoms with Gasteiger partial charge in [-0.3, -0.25) is 14.9 Å². The molecule has 182 valence electrons. The summed E-state index contributed by atoms with van der Waals surface area (Å²) in [6.45, 7) is 0.173. The predicted octanol–water partition coefficient (Wildman–Crippen LogP) is 6.20. The molecule has 1 aromatic heterocycles. The molecular weight excluding hydrogens is 536 g/mol. The minimum atomic E-state index is -0.512. The van der Waals surface area contributed by atoms with E-state index in [2.05, 4.69) is 26.0 Å². The van der Waals surface area contributed by atoms with Gasteiger partial charge in [0.25, 0.3) is 5.56 Å². The Labute approximate surface area is 219 Å². The number of fused-ring (bicyclic) bond motifs is 1. The van der Waals surface area contributed by atoms with Gasteiger partial charge < -0.3 is 4.74 Å². The van der Waals surface area contributed by atoms with E-state index in [9.17, 15) is 14.9 Å². The maximum atomic E-state index is 13.3. The highest BCUT2D eigenvalue weighted by atomic mass is 79.9. The van der Waals surface area contributed by atoms with E-state index in [0.29, 0.717) is 32.3 Å². The Balaban J connectivity index is 1.56. The largest absolute Gasteiger partial charge is 0.481 e. The molecule has 0 saturated heterocycles. The van der Waals surface area contributed by atoms with Gasteiger partial charge in [-0.2, -0.15) is 9.78 Å². The van der Waals surface area contributed by atoms with Gasteiger partial charge in [0.05, 0.1) is 26.5 Å². The van der Waals surface area contributed by atoms with Crippen LogP contribution >= 0.6 is 15.9 Å². The first-order chi connectivity index (χ1) is 18.0. The van der Waals surface area contributed by atoms with Gasteiger partial charge in [0, 0.05) is 17.2 Å². The lowest BCUT2D eigenvalue weighted by Gasteiger charge is -2.11. The molecule has 0 amide bonds. The first-order valence-electron chi connectivity index (χ1n) is 11.3. The molecule has 0 aliphatic carbocycles. The maximum Gasteiger partial charge on any atom is 0.312 e. The second-order valence-corrected chi connectivity index (χ2v) is 8.92. The van der Waals surface area contributed by atoms with Gasteiger partial charge in [-0.1, -0.05) is 72.8 Å². The highest BCUT2D eigenvalue weighted by molar-refractivity contribution is 9.10. The summed E-state index contributed by atoms with van der Waals surface area (Å²) in [5.41, 5.74) is 1.97. The third-order valence-corrected chi connectivity index (χ3v) is 6.17. The van der Waals surface area contributed by atoms with Crippen molar-refractivity contribution in [3.8, 4) is 17.1 Å². The number of nitro benzene ring substituents is 1. The Morgan fingerprint density at radius 3 is 2.38 bits per heavy atom. The van der Waals surface area contributed by atoms with Crippen molar-refractivity contribution in [2.75, 3.05) is 0 Å². The molecule has 0 bridgehead atoms. The van der Waals surface area contributed by atoms with Crippen LogP contribution in [0.15, 0.2) is 111 Å². The Morgan fingerprint density at radius 1 is 0.973 bits per heavy atom. The van der Waals surface area contributed by atoms with Crippen LogP contribution in [0.5, 0.6) is 5.75 Å². The fourth-order valence-corrected chi connectivity index (χ4v) is 4.39. The van der Waals surface area contributed by atoms with Crippen LogP contribution in [0.25, 0.3) is 22.3 Å². The van der Waals surface area contributed by atoms with Gasteiger partial charge in [-0.05, 0) is 39.7 Å². The van der Waals surface area contributed by atoms with Crippen LogP contribution in [0, 0.1) is 10.1 Å². The number of nitrogens with zero attached hydrogens (tertiary/aromatic N) is 4. The van der Waals surface area contributed by atoms with Gasteiger partial charge in [-0.25, -0.2) is 4.98 Å². The summed E-state index contributed by atoms with van der Waals surface area (Å²) in [6.07, 6.45) is 1.39. The summed E-state index contributed by atoms with van der Waals surface area (Å²) in [5.74, 6) is 0.470. The summed E-state index contributed by atoms with van der Waals surface area (Å²) in [5, 5.41) is 16.7. The number of halogens is 1. The maximum absolute atomic E-state index is 13.3. The van der Waals surface area contributed by atoms with Gasteiger partial charge in [0.2, 0.25) is 5.75 Å². The van der Waals surface area contributed by atoms with Crippen LogP contribution in [0.1, 0.15) is 11.1 Å². The quantitative estimate of drug-likeness (QED) is 0.135. The summed E-state index contributed by atoms with van der Waals surface area (Å²) in [4.78, 5) is 29.3. The number of hydrogen-bond acceptors (Lipinski definition) is 6. The van der Waals surface area contributed by atoms with Crippen LogP contribution in [-0.2, 0) is 6.61 Å². The first-order valence-corrected chi connectivity index (χ1v) is 12.1. The molecule has 5 rings (SSSR count). The molecule has 0 unspecified atom stereocenters. The molecule has 0 N–H and O–H groups in total. The van der Waals surface area contributed by atoms with E-state index in [4.69, 9.17) is 4.74 Å². The number of aromatic nitrogens is 2. The van der Waals surface area contributed by atoms with E-state index in [0.717, 1.165) is 5.56 Å². The number of para-hydroxylation sites is 1.